The average Bonchev–Trinajstić information content (AvgIpc) is 2.14. The molecule has 0 amide bonds. The Morgan fingerprint density at radius 2 is 1.50 bits per heavy atom. The molecule has 3 nitrogen and oxygen atoms in total. The molecule has 0 spiro atoms. The Balaban J connectivity index is 3.04. The highest BCUT2D eigenvalue weighted by atomic mass is 14.9. The Kier molecular flexibility index (Phi) is 3.63. The van der Waals surface area contributed by atoms with E-state index >= 15 is 0 Å². The van der Waals surface area contributed by atoms with Gasteiger partial charge in [0.2, 0.25) is 0 Å². The minimum atomic E-state index is 0.805. The van der Waals surface area contributed by atoms with Crippen molar-refractivity contribution in [2.24, 2.45) is 0 Å². The van der Waals surface area contributed by atoms with Gasteiger partial charge in [-0.25, -0.2) is 0 Å². The van der Waals surface area contributed by atoms with Gasteiger partial charge in [-0.2, -0.15) is 0 Å². The molecule has 4 N–H and O–H groups in total. The van der Waals surface area contributed by atoms with Crippen LogP contribution in [0, 0.1) is 6.92 Å². The van der Waals surface area contributed by atoms with Crippen molar-refractivity contribution >= 4 is 17.1 Å². The monoisotopic (exact) mass is 193 g/mol. The van der Waals surface area contributed by atoms with E-state index < -0.39 is 0 Å². The van der Waals surface area contributed by atoms with Gasteiger partial charge < -0.3 is 16.4 Å². The van der Waals surface area contributed by atoms with Gasteiger partial charge in [-0.05, 0) is 38.5 Å². The number of rotatable bonds is 4. The largest absolute Gasteiger partial charge is 0.395 e. The summed E-state index contributed by atoms with van der Waals surface area (Å²) in [6.07, 6.45) is 0. The molecule has 0 aliphatic rings. The van der Waals surface area contributed by atoms with Crippen molar-refractivity contribution in [1.29, 1.82) is 0 Å². The maximum absolute atomic E-state index is 6.00. The van der Waals surface area contributed by atoms with Gasteiger partial charge in [0.1, 0.15) is 0 Å². The van der Waals surface area contributed by atoms with Crippen LogP contribution in [-0.4, -0.2) is 13.1 Å². The van der Waals surface area contributed by atoms with Gasteiger partial charge in [-0.3, -0.25) is 0 Å². The van der Waals surface area contributed by atoms with E-state index in [9.17, 15) is 0 Å². The average molecular weight is 193 g/mol. The number of hydrogen-bond donors (Lipinski definition) is 3. The van der Waals surface area contributed by atoms with Gasteiger partial charge in [0.25, 0.3) is 0 Å². The second-order valence-electron chi connectivity index (χ2n) is 3.33. The van der Waals surface area contributed by atoms with Gasteiger partial charge in [-0.15, -0.1) is 0 Å². The molecule has 0 aliphatic heterocycles. The summed E-state index contributed by atoms with van der Waals surface area (Å²) in [7, 11) is 0. The van der Waals surface area contributed by atoms with Gasteiger partial charge >= 0.3 is 0 Å². The maximum atomic E-state index is 6.00. The number of nitrogen functional groups attached to an aromatic ring is 1. The highest BCUT2D eigenvalue weighted by Crippen LogP contribution is 2.29. The molecule has 0 atom stereocenters. The summed E-state index contributed by atoms with van der Waals surface area (Å²) < 4.78 is 0. The normalized spacial score (nSPS) is 9.93. The predicted octanol–water partition coefficient (Wildman–Crippen LogP) is 2.44. The zero-order chi connectivity index (χ0) is 10.6. The van der Waals surface area contributed by atoms with Crippen molar-refractivity contribution in [3.63, 3.8) is 0 Å². The van der Waals surface area contributed by atoms with Crippen LogP contribution in [0.4, 0.5) is 17.1 Å². The molecule has 0 aromatic heterocycles. The van der Waals surface area contributed by atoms with Gasteiger partial charge in [0, 0.05) is 13.1 Å². The second kappa shape index (κ2) is 4.74. The molecular formula is C11H19N3. The summed E-state index contributed by atoms with van der Waals surface area (Å²) in [4.78, 5) is 0. The molecule has 3 heteroatoms. The van der Waals surface area contributed by atoms with E-state index in [0.717, 1.165) is 30.2 Å². The standard InChI is InChI=1S/C11H19N3/c1-4-13-9-6-8(3)7-10(11(9)12)14-5-2/h6-7,13-14H,4-5,12H2,1-3H3. The molecule has 0 saturated carbocycles. The van der Waals surface area contributed by atoms with Crippen LogP contribution < -0.4 is 16.4 Å². The van der Waals surface area contributed by atoms with E-state index in [1.54, 1.807) is 0 Å². The Hall–Kier alpha value is -1.38. The van der Waals surface area contributed by atoms with E-state index in [1.165, 1.54) is 5.56 Å². The summed E-state index contributed by atoms with van der Waals surface area (Å²) in [6, 6.07) is 4.14. The lowest BCUT2D eigenvalue weighted by molar-refractivity contribution is 1.19. The number of benzene rings is 1. The van der Waals surface area contributed by atoms with Gasteiger partial charge in [-0.1, -0.05) is 0 Å². The first kappa shape index (κ1) is 10.7. The van der Waals surface area contributed by atoms with Crippen LogP contribution in [0.15, 0.2) is 12.1 Å². The molecule has 0 radical (unpaired) electrons. The van der Waals surface area contributed by atoms with Crippen LogP contribution in [0.3, 0.4) is 0 Å². The summed E-state index contributed by atoms with van der Waals surface area (Å²) in [5.41, 5.74) is 10.1. The molecule has 78 valence electrons. The van der Waals surface area contributed by atoms with Crippen LogP contribution in [0.25, 0.3) is 0 Å². The van der Waals surface area contributed by atoms with Crippen LogP contribution in [0.5, 0.6) is 0 Å². The van der Waals surface area contributed by atoms with Crippen LogP contribution in [-0.2, 0) is 0 Å². The molecule has 14 heavy (non-hydrogen) atoms. The summed E-state index contributed by atoms with van der Waals surface area (Å²) >= 11 is 0. The van der Waals surface area contributed by atoms with E-state index in [4.69, 9.17) is 5.73 Å². The molecule has 0 aliphatic carbocycles. The van der Waals surface area contributed by atoms with Crippen molar-refractivity contribution in [3.05, 3.63) is 17.7 Å². The number of nitrogens with one attached hydrogen (secondary N) is 2. The maximum Gasteiger partial charge on any atom is 0.0785 e. The lowest BCUT2D eigenvalue weighted by Crippen LogP contribution is -2.06. The van der Waals surface area contributed by atoms with Crippen molar-refractivity contribution < 1.29 is 0 Å². The van der Waals surface area contributed by atoms with Crippen molar-refractivity contribution in [2.75, 3.05) is 29.5 Å². The van der Waals surface area contributed by atoms with E-state index in [2.05, 4.69) is 43.5 Å². The zero-order valence-electron chi connectivity index (χ0n) is 9.15. The third-order valence-electron chi connectivity index (χ3n) is 2.06. The van der Waals surface area contributed by atoms with E-state index in [-0.39, 0.29) is 0 Å². The van der Waals surface area contributed by atoms with Crippen molar-refractivity contribution in [2.45, 2.75) is 20.8 Å². The molecule has 1 aromatic carbocycles. The quantitative estimate of drug-likeness (QED) is 0.644. The highest BCUT2D eigenvalue weighted by Gasteiger charge is 2.04. The Morgan fingerprint density at radius 1 is 1.07 bits per heavy atom. The van der Waals surface area contributed by atoms with Crippen LogP contribution in [0.1, 0.15) is 19.4 Å². The molecule has 0 bridgehead atoms. The smallest absolute Gasteiger partial charge is 0.0785 e. The zero-order valence-corrected chi connectivity index (χ0v) is 9.15. The minimum absolute atomic E-state index is 0.805. The topological polar surface area (TPSA) is 50.1 Å². The Labute approximate surface area is 85.7 Å². The lowest BCUT2D eigenvalue weighted by Gasteiger charge is -2.14. The third kappa shape index (κ3) is 2.31. The van der Waals surface area contributed by atoms with Gasteiger partial charge in [0.05, 0.1) is 17.1 Å². The number of nitrogens with two attached hydrogens (primary N) is 1. The third-order valence-corrected chi connectivity index (χ3v) is 2.06. The predicted molar refractivity (Wildman–Crippen MR) is 63.9 cm³/mol. The first-order valence-electron chi connectivity index (χ1n) is 5.06. The van der Waals surface area contributed by atoms with Crippen LogP contribution in [0.2, 0.25) is 0 Å². The SMILES string of the molecule is CCNc1cc(C)cc(NCC)c1N. The highest BCUT2D eigenvalue weighted by molar-refractivity contribution is 5.81. The second-order valence-corrected chi connectivity index (χ2v) is 3.33. The van der Waals surface area contributed by atoms with E-state index in [1.807, 2.05) is 0 Å². The van der Waals surface area contributed by atoms with Gasteiger partial charge in [0.15, 0.2) is 0 Å². The Morgan fingerprint density at radius 3 is 1.86 bits per heavy atom. The van der Waals surface area contributed by atoms with E-state index in [0.29, 0.717) is 0 Å². The molecule has 0 saturated heterocycles. The molecule has 0 fully saturated rings. The minimum Gasteiger partial charge on any atom is -0.395 e. The molecule has 1 aromatic rings. The fourth-order valence-electron chi connectivity index (χ4n) is 1.47. The number of hydrogen-bond acceptors (Lipinski definition) is 3. The Bertz CT molecular complexity index is 280. The van der Waals surface area contributed by atoms with Crippen LogP contribution >= 0.6 is 0 Å². The fraction of sp³-hybridized carbons (Fsp3) is 0.455. The van der Waals surface area contributed by atoms with Crippen molar-refractivity contribution in [1.82, 2.24) is 0 Å². The first-order chi connectivity index (χ1) is 6.69. The fourth-order valence-corrected chi connectivity index (χ4v) is 1.47. The summed E-state index contributed by atoms with van der Waals surface area (Å²) in [5, 5.41) is 6.50. The molecular weight excluding hydrogens is 174 g/mol. The number of anilines is 3. The molecule has 0 heterocycles. The summed E-state index contributed by atoms with van der Waals surface area (Å²) in [5.74, 6) is 0. The lowest BCUT2D eigenvalue weighted by atomic mass is 10.1. The van der Waals surface area contributed by atoms with Crippen molar-refractivity contribution in [3.8, 4) is 0 Å². The molecule has 0 unspecified atom stereocenters. The molecule has 1 rings (SSSR count). The summed E-state index contributed by atoms with van der Waals surface area (Å²) in [6.45, 7) is 7.98. The first-order valence-corrected chi connectivity index (χ1v) is 5.06. The number of aryl methyl sites for hydroxylation is 1.